The number of alkyl carbamates (subject to hydrolysis) is 1. The molecule has 0 aliphatic heterocycles. The SMILES string of the molecule is CCCCN(C(=O)C(CS)NC(=O)OC(C)(C)C)C(C(=O)NC(Cc1ccccc1)C(=O)OC(C)(C)C)c1cccc(C)c1C. The lowest BCUT2D eigenvalue weighted by Crippen LogP contribution is -2.55. The van der Waals surface area contributed by atoms with Gasteiger partial charge in [-0.3, -0.25) is 9.59 Å². The molecule has 0 saturated carbocycles. The van der Waals surface area contributed by atoms with Crippen LogP contribution in [0.4, 0.5) is 4.79 Å². The van der Waals surface area contributed by atoms with E-state index in [1.54, 1.807) is 41.5 Å². The number of benzene rings is 2. The summed E-state index contributed by atoms with van der Waals surface area (Å²) in [5.74, 6) is -1.61. The van der Waals surface area contributed by atoms with E-state index in [-0.39, 0.29) is 18.7 Å². The van der Waals surface area contributed by atoms with Crippen molar-refractivity contribution in [1.29, 1.82) is 0 Å². The Kier molecular flexibility index (Phi) is 14.0. The van der Waals surface area contributed by atoms with Gasteiger partial charge in [0.05, 0.1) is 0 Å². The number of carbonyl (C=O) groups is 4. The number of hydrogen-bond donors (Lipinski definition) is 3. The first-order valence-electron chi connectivity index (χ1n) is 15.5. The van der Waals surface area contributed by atoms with Crippen LogP contribution in [0.1, 0.15) is 89.6 Å². The molecule has 0 bridgehead atoms. The van der Waals surface area contributed by atoms with Crippen molar-refractivity contribution in [3.63, 3.8) is 0 Å². The molecule has 0 aliphatic carbocycles. The zero-order chi connectivity index (χ0) is 33.9. The highest BCUT2D eigenvalue weighted by atomic mass is 32.1. The van der Waals surface area contributed by atoms with Crippen LogP contribution in [-0.2, 0) is 30.3 Å². The van der Waals surface area contributed by atoms with Crippen molar-refractivity contribution in [2.45, 2.75) is 111 Å². The van der Waals surface area contributed by atoms with Crippen LogP contribution in [0.15, 0.2) is 48.5 Å². The van der Waals surface area contributed by atoms with Crippen LogP contribution >= 0.6 is 12.6 Å². The zero-order valence-electron chi connectivity index (χ0n) is 28.2. The molecular formula is C35H51N3O6S. The average Bonchev–Trinajstić information content (AvgIpc) is 2.93. The largest absolute Gasteiger partial charge is 0.458 e. The van der Waals surface area contributed by atoms with Gasteiger partial charge in [-0.1, -0.05) is 61.9 Å². The lowest BCUT2D eigenvalue weighted by Gasteiger charge is -2.36. The number of amides is 3. The maximum absolute atomic E-state index is 14.5. The lowest BCUT2D eigenvalue weighted by atomic mass is 9.94. The second-order valence-corrected chi connectivity index (χ2v) is 13.6. The van der Waals surface area contributed by atoms with Gasteiger partial charge < -0.3 is 25.0 Å². The quantitative estimate of drug-likeness (QED) is 0.186. The van der Waals surface area contributed by atoms with Crippen molar-refractivity contribution in [2.24, 2.45) is 0 Å². The van der Waals surface area contributed by atoms with Gasteiger partial charge in [-0.25, -0.2) is 9.59 Å². The maximum Gasteiger partial charge on any atom is 0.408 e. The second-order valence-electron chi connectivity index (χ2n) is 13.2. The third-order valence-corrected chi connectivity index (χ3v) is 7.36. The molecule has 0 spiro atoms. The molecule has 3 amide bonds. The Hall–Kier alpha value is -3.53. The Morgan fingerprint density at radius 2 is 1.47 bits per heavy atom. The Morgan fingerprint density at radius 1 is 0.844 bits per heavy atom. The number of hydrogen-bond acceptors (Lipinski definition) is 7. The molecule has 3 unspecified atom stereocenters. The molecule has 9 nitrogen and oxygen atoms in total. The Labute approximate surface area is 274 Å². The first-order valence-corrected chi connectivity index (χ1v) is 16.1. The van der Waals surface area contributed by atoms with E-state index in [0.717, 1.165) is 23.1 Å². The fourth-order valence-corrected chi connectivity index (χ4v) is 4.97. The molecule has 0 radical (unpaired) electrons. The molecule has 248 valence electrons. The number of nitrogens with zero attached hydrogens (tertiary/aromatic N) is 1. The van der Waals surface area contributed by atoms with Crippen LogP contribution in [0.3, 0.4) is 0 Å². The van der Waals surface area contributed by atoms with Gasteiger partial charge in [0.25, 0.3) is 0 Å². The molecular weight excluding hydrogens is 590 g/mol. The summed E-state index contributed by atoms with van der Waals surface area (Å²) >= 11 is 4.37. The van der Waals surface area contributed by atoms with Gasteiger partial charge in [0, 0.05) is 18.7 Å². The molecule has 10 heteroatoms. The topological polar surface area (TPSA) is 114 Å². The van der Waals surface area contributed by atoms with Gasteiger partial charge in [0.15, 0.2) is 0 Å². The third kappa shape index (κ3) is 12.1. The Bertz CT molecular complexity index is 1300. The van der Waals surface area contributed by atoms with Gasteiger partial charge in [-0.15, -0.1) is 0 Å². The molecule has 2 aromatic carbocycles. The minimum atomic E-state index is -1.10. The van der Waals surface area contributed by atoms with Crippen molar-refractivity contribution < 1.29 is 28.7 Å². The Balaban J connectivity index is 2.61. The fraction of sp³-hybridized carbons (Fsp3) is 0.543. The monoisotopic (exact) mass is 641 g/mol. The molecule has 0 aliphatic rings. The van der Waals surface area contributed by atoms with E-state index >= 15 is 0 Å². The van der Waals surface area contributed by atoms with Crippen molar-refractivity contribution in [1.82, 2.24) is 15.5 Å². The minimum Gasteiger partial charge on any atom is -0.458 e. The van der Waals surface area contributed by atoms with E-state index in [1.807, 2.05) is 69.3 Å². The molecule has 2 aromatic rings. The summed E-state index contributed by atoms with van der Waals surface area (Å²) in [7, 11) is 0. The van der Waals surface area contributed by atoms with E-state index in [0.29, 0.717) is 12.0 Å². The number of carbonyl (C=O) groups excluding carboxylic acids is 4. The molecule has 2 N–H and O–H groups in total. The van der Waals surface area contributed by atoms with Crippen LogP contribution < -0.4 is 10.6 Å². The smallest absolute Gasteiger partial charge is 0.408 e. The van der Waals surface area contributed by atoms with E-state index in [9.17, 15) is 19.2 Å². The highest BCUT2D eigenvalue weighted by molar-refractivity contribution is 7.80. The standard InChI is InChI=1S/C35H51N3O6S/c1-10-11-20-38(31(40)28(22-45)37-33(42)44-35(7,8)9)29(26-19-15-16-23(2)24(26)3)30(39)36-27(32(41)43-34(4,5)6)21-25-17-13-12-14-18-25/h12-19,27-29,45H,10-11,20-22H2,1-9H3,(H,36,39)(H,37,42). The number of aryl methyl sites for hydroxylation is 1. The molecule has 0 aromatic heterocycles. The maximum atomic E-state index is 14.5. The fourth-order valence-electron chi connectivity index (χ4n) is 4.72. The molecule has 2 rings (SSSR count). The van der Waals surface area contributed by atoms with Crippen LogP contribution in [0.2, 0.25) is 0 Å². The van der Waals surface area contributed by atoms with Crippen molar-refractivity contribution in [3.05, 3.63) is 70.8 Å². The highest BCUT2D eigenvalue weighted by Gasteiger charge is 2.38. The molecule has 0 heterocycles. The first-order chi connectivity index (χ1) is 21.0. The second kappa shape index (κ2) is 16.7. The van der Waals surface area contributed by atoms with Crippen LogP contribution in [-0.4, -0.2) is 64.4 Å². The van der Waals surface area contributed by atoms with Crippen LogP contribution in [0.5, 0.6) is 0 Å². The van der Waals surface area contributed by atoms with Crippen LogP contribution in [0, 0.1) is 13.8 Å². The summed E-state index contributed by atoms with van der Waals surface area (Å²) < 4.78 is 11.1. The number of rotatable bonds is 13. The van der Waals surface area contributed by atoms with Gasteiger partial charge >= 0.3 is 12.1 Å². The number of unbranched alkanes of at least 4 members (excludes halogenated alkanes) is 1. The predicted molar refractivity (Wildman–Crippen MR) is 180 cm³/mol. The van der Waals surface area contributed by atoms with E-state index in [2.05, 4.69) is 23.3 Å². The summed E-state index contributed by atoms with van der Waals surface area (Å²) in [5, 5.41) is 5.57. The van der Waals surface area contributed by atoms with Gasteiger partial charge in [0.1, 0.15) is 29.3 Å². The summed E-state index contributed by atoms with van der Waals surface area (Å²) in [6.07, 6.45) is 0.797. The minimum absolute atomic E-state index is 0.0175. The molecule has 3 atom stereocenters. The van der Waals surface area contributed by atoms with Crippen molar-refractivity contribution >= 4 is 36.5 Å². The Morgan fingerprint density at radius 3 is 2.02 bits per heavy atom. The first kappa shape index (κ1) is 37.7. The number of ether oxygens (including phenoxy) is 2. The number of esters is 1. The summed E-state index contributed by atoms with van der Waals surface area (Å²) in [6, 6.07) is 11.8. The number of nitrogens with one attached hydrogen (secondary N) is 2. The summed E-state index contributed by atoms with van der Waals surface area (Å²) in [6.45, 7) is 16.6. The van der Waals surface area contributed by atoms with Crippen LogP contribution in [0.25, 0.3) is 0 Å². The zero-order valence-corrected chi connectivity index (χ0v) is 29.1. The lowest BCUT2D eigenvalue weighted by molar-refractivity contribution is -0.159. The van der Waals surface area contributed by atoms with Gasteiger partial charge in [0.2, 0.25) is 11.8 Å². The summed E-state index contributed by atoms with van der Waals surface area (Å²) in [4.78, 5) is 56.3. The third-order valence-electron chi connectivity index (χ3n) is 7.00. The average molecular weight is 642 g/mol. The van der Waals surface area contributed by atoms with E-state index in [1.165, 1.54) is 4.90 Å². The van der Waals surface area contributed by atoms with Gasteiger partial charge in [-0.05, 0) is 84.1 Å². The van der Waals surface area contributed by atoms with Gasteiger partial charge in [-0.2, -0.15) is 12.6 Å². The normalized spacial score (nSPS) is 13.6. The number of thiol groups is 1. The summed E-state index contributed by atoms with van der Waals surface area (Å²) in [5.41, 5.74) is 1.69. The van der Waals surface area contributed by atoms with E-state index in [4.69, 9.17) is 9.47 Å². The predicted octanol–water partition coefficient (Wildman–Crippen LogP) is 5.87. The molecule has 0 saturated heterocycles. The van der Waals surface area contributed by atoms with Crippen molar-refractivity contribution in [3.8, 4) is 0 Å². The van der Waals surface area contributed by atoms with Crippen molar-refractivity contribution in [2.75, 3.05) is 12.3 Å². The molecule has 0 fully saturated rings. The van der Waals surface area contributed by atoms with E-state index < -0.39 is 53.2 Å². The highest BCUT2D eigenvalue weighted by Crippen LogP contribution is 2.28. The molecule has 45 heavy (non-hydrogen) atoms.